The van der Waals surface area contributed by atoms with Crippen LogP contribution in [0.5, 0.6) is 5.75 Å². The van der Waals surface area contributed by atoms with E-state index in [0.29, 0.717) is 23.3 Å². The fraction of sp³-hybridized carbons (Fsp3) is 0.278. The average molecular weight is 390 g/mol. The Morgan fingerprint density at radius 1 is 1.26 bits per heavy atom. The molecule has 0 amide bonds. The number of nitrogens with one attached hydrogen (secondary N) is 1. The van der Waals surface area contributed by atoms with Crippen molar-refractivity contribution in [2.45, 2.75) is 17.4 Å². The molecule has 2 heterocycles. The summed E-state index contributed by atoms with van der Waals surface area (Å²) in [6.07, 6.45) is -0.224. The first-order valence-corrected chi connectivity index (χ1v) is 9.86. The van der Waals surface area contributed by atoms with E-state index in [1.165, 1.54) is 29.8 Å². The van der Waals surface area contributed by atoms with Crippen molar-refractivity contribution in [2.24, 2.45) is 7.05 Å². The Bertz CT molecular complexity index is 1180. The number of aryl methyl sites for hydroxylation is 1. The lowest BCUT2D eigenvalue weighted by atomic mass is 10.0. The molecule has 1 unspecified atom stereocenters. The molecule has 2 aromatic carbocycles. The summed E-state index contributed by atoms with van der Waals surface area (Å²) in [6.45, 7) is 0.435. The van der Waals surface area contributed by atoms with E-state index in [2.05, 4.69) is 4.72 Å². The number of aliphatic hydroxyl groups excluding tert-OH is 1. The largest absolute Gasteiger partial charge is 0.493 e. The summed E-state index contributed by atoms with van der Waals surface area (Å²) in [5.41, 5.74) is 2.30. The topological polar surface area (TPSA) is 111 Å². The molecule has 0 spiro atoms. The monoisotopic (exact) mass is 390 g/mol. The quantitative estimate of drug-likeness (QED) is 0.674. The number of hydrogen-bond donors (Lipinski definition) is 2. The van der Waals surface area contributed by atoms with Gasteiger partial charge in [0, 0.05) is 20.0 Å². The van der Waals surface area contributed by atoms with Gasteiger partial charge < -0.3 is 14.3 Å². The van der Waals surface area contributed by atoms with Gasteiger partial charge in [-0.05, 0) is 41.5 Å². The fourth-order valence-corrected chi connectivity index (χ4v) is 4.14. The molecular formula is C18H18N2O6S. The molecule has 2 N–H and O–H groups in total. The van der Waals surface area contributed by atoms with Gasteiger partial charge in [-0.1, -0.05) is 6.07 Å². The SMILES string of the molecule is Cn1c(=O)oc2ccc(S(=O)(=O)NCC(O)c3ccc4c(c3)CCO4)cc21. The molecule has 1 aromatic heterocycles. The first-order valence-electron chi connectivity index (χ1n) is 8.38. The van der Waals surface area contributed by atoms with Gasteiger partial charge in [0.1, 0.15) is 5.75 Å². The van der Waals surface area contributed by atoms with Crippen molar-refractivity contribution >= 4 is 21.1 Å². The third-order valence-electron chi connectivity index (χ3n) is 4.64. The third kappa shape index (κ3) is 3.25. The molecule has 8 nitrogen and oxygen atoms in total. The maximum absolute atomic E-state index is 12.6. The maximum atomic E-state index is 12.6. The Labute approximate surface area is 155 Å². The van der Waals surface area contributed by atoms with Gasteiger partial charge in [-0.2, -0.15) is 0 Å². The predicted octanol–water partition coefficient (Wildman–Crippen LogP) is 1.08. The summed E-state index contributed by atoms with van der Waals surface area (Å²) in [6, 6.07) is 9.48. The Morgan fingerprint density at radius 2 is 2.07 bits per heavy atom. The molecule has 0 aliphatic carbocycles. The van der Waals surface area contributed by atoms with Gasteiger partial charge in [0.05, 0.1) is 23.1 Å². The third-order valence-corrected chi connectivity index (χ3v) is 6.06. The molecule has 1 atom stereocenters. The second-order valence-electron chi connectivity index (χ2n) is 6.39. The highest BCUT2D eigenvalue weighted by molar-refractivity contribution is 7.89. The van der Waals surface area contributed by atoms with Gasteiger partial charge in [0.2, 0.25) is 10.0 Å². The van der Waals surface area contributed by atoms with Crippen molar-refractivity contribution in [1.29, 1.82) is 0 Å². The van der Waals surface area contributed by atoms with Crippen LogP contribution < -0.4 is 15.2 Å². The lowest BCUT2D eigenvalue weighted by Gasteiger charge is -2.14. The van der Waals surface area contributed by atoms with Crippen LogP contribution in [-0.2, 0) is 23.5 Å². The van der Waals surface area contributed by atoms with Crippen molar-refractivity contribution < 1.29 is 22.7 Å². The molecule has 1 aliphatic heterocycles. The Hall–Kier alpha value is -2.62. The average Bonchev–Trinajstić information content (AvgIpc) is 3.23. The molecule has 4 rings (SSSR count). The van der Waals surface area contributed by atoms with Crippen LogP contribution in [0.15, 0.2) is 50.5 Å². The number of hydrogen-bond acceptors (Lipinski definition) is 6. The molecule has 0 fully saturated rings. The standard InChI is InChI=1S/C18H18N2O6S/c1-20-14-9-13(3-5-17(14)26-18(20)22)27(23,24)19-10-15(21)11-2-4-16-12(8-11)6-7-25-16/h2-5,8-9,15,19,21H,6-7,10H2,1H3. The van der Waals surface area contributed by atoms with Crippen LogP contribution >= 0.6 is 0 Å². The second kappa shape index (κ2) is 6.52. The molecule has 0 radical (unpaired) electrons. The van der Waals surface area contributed by atoms with Gasteiger partial charge >= 0.3 is 5.76 Å². The summed E-state index contributed by atoms with van der Waals surface area (Å²) in [5, 5.41) is 10.4. The van der Waals surface area contributed by atoms with Crippen LogP contribution in [-0.4, -0.2) is 31.2 Å². The normalized spacial score (nSPS) is 14.9. The van der Waals surface area contributed by atoms with E-state index in [-0.39, 0.29) is 11.4 Å². The Kier molecular flexibility index (Phi) is 4.29. The molecule has 9 heteroatoms. The zero-order valence-electron chi connectivity index (χ0n) is 14.5. The van der Waals surface area contributed by atoms with Gasteiger partial charge in [-0.25, -0.2) is 17.9 Å². The number of fused-ring (bicyclic) bond motifs is 2. The van der Waals surface area contributed by atoms with Crippen molar-refractivity contribution in [1.82, 2.24) is 9.29 Å². The summed E-state index contributed by atoms with van der Waals surface area (Å²) < 4.78 is 39.2. The summed E-state index contributed by atoms with van der Waals surface area (Å²) >= 11 is 0. The van der Waals surface area contributed by atoms with Crippen molar-refractivity contribution in [3.63, 3.8) is 0 Å². The molecule has 142 valence electrons. The number of rotatable bonds is 5. The van der Waals surface area contributed by atoms with Crippen LogP contribution in [0.1, 0.15) is 17.2 Å². The van der Waals surface area contributed by atoms with Crippen LogP contribution in [0.3, 0.4) is 0 Å². The van der Waals surface area contributed by atoms with E-state index < -0.39 is 21.9 Å². The number of benzene rings is 2. The predicted molar refractivity (Wildman–Crippen MR) is 97.2 cm³/mol. The lowest BCUT2D eigenvalue weighted by Crippen LogP contribution is -2.28. The smallest absolute Gasteiger partial charge is 0.419 e. The lowest BCUT2D eigenvalue weighted by molar-refractivity contribution is 0.182. The molecule has 27 heavy (non-hydrogen) atoms. The highest BCUT2D eigenvalue weighted by Crippen LogP contribution is 2.28. The van der Waals surface area contributed by atoms with E-state index in [0.717, 1.165) is 17.7 Å². The zero-order chi connectivity index (χ0) is 19.2. The van der Waals surface area contributed by atoms with E-state index >= 15 is 0 Å². The van der Waals surface area contributed by atoms with Gasteiger partial charge in [0.15, 0.2) is 5.58 Å². The fourth-order valence-electron chi connectivity index (χ4n) is 3.08. The highest BCUT2D eigenvalue weighted by Gasteiger charge is 2.20. The van der Waals surface area contributed by atoms with Gasteiger partial charge in [0.25, 0.3) is 0 Å². The van der Waals surface area contributed by atoms with E-state index in [4.69, 9.17) is 9.15 Å². The number of oxazole rings is 1. The van der Waals surface area contributed by atoms with E-state index in [1.807, 2.05) is 6.07 Å². The number of ether oxygens (including phenoxy) is 1. The number of aliphatic hydroxyl groups is 1. The molecule has 0 saturated carbocycles. The van der Waals surface area contributed by atoms with Crippen molar-refractivity contribution in [2.75, 3.05) is 13.2 Å². The number of sulfonamides is 1. The number of aromatic nitrogens is 1. The first kappa shape index (κ1) is 17.8. The van der Waals surface area contributed by atoms with Crippen molar-refractivity contribution in [3.8, 4) is 5.75 Å². The van der Waals surface area contributed by atoms with Crippen molar-refractivity contribution in [3.05, 3.63) is 58.1 Å². The molecule has 0 bridgehead atoms. The summed E-state index contributed by atoms with van der Waals surface area (Å²) in [4.78, 5) is 11.5. The summed E-state index contributed by atoms with van der Waals surface area (Å²) in [7, 11) is -2.37. The summed E-state index contributed by atoms with van der Waals surface area (Å²) in [5.74, 6) is 0.231. The van der Waals surface area contributed by atoms with Gasteiger partial charge in [-0.15, -0.1) is 0 Å². The molecule has 3 aromatic rings. The van der Waals surface area contributed by atoms with Crippen LogP contribution in [0.25, 0.3) is 11.1 Å². The van der Waals surface area contributed by atoms with Crippen LogP contribution in [0.4, 0.5) is 0 Å². The first-order chi connectivity index (χ1) is 12.8. The van der Waals surface area contributed by atoms with E-state index in [1.54, 1.807) is 12.1 Å². The zero-order valence-corrected chi connectivity index (χ0v) is 15.3. The van der Waals surface area contributed by atoms with Crippen LogP contribution in [0, 0.1) is 0 Å². The minimum atomic E-state index is -3.87. The second-order valence-corrected chi connectivity index (χ2v) is 8.16. The van der Waals surface area contributed by atoms with Gasteiger partial charge in [-0.3, -0.25) is 4.57 Å². The van der Waals surface area contributed by atoms with Crippen LogP contribution in [0.2, 0.25) is 0 Å². The number of nitrogens with zero attached hydrogens (tertiary/aromatic N) is 1. The molecule has 1 aliphatic rings. The molecule has 0 saturated heterocycles. The minimum Gasteiger partial charge on any atom is -0.493 e. The highest BCUT2D eigenvalue weighted by atomic mass is 32.2. The Balaban J connectivity index is 1.53. The minimum absolute atomic E-state index is 0.0130. The molecular weight excluding hydrogens is 372 g/mol. The maximum Gasteiger partial charge on any atom is 0.419 e. The van der Waals surface area contributed by atoms with E-state index in [9.17, 15) is 18.3 Å². The Morgan fingerprint density at radius 3 is 2.89 bits per heavy atom.